The number of hydrogen-bond acceptors (Lipinski definition) is 3. The second-order valence-corrected chi connectivity index (χ2v) is 8.35. The first-order valence-corrected chi connectivity index (χ1v) is 9.16. The predicted octanol–water partition coefficient (Wildman–Crippen LogP) is 5.55. The molecule has 4 heteroatoms. The number of carbonyl (C=O) groups is 1. The molecule has 1 aromatic carbocycles. The van der Waals surface area contributed by atoms with Crippen LogP contribution in [-0.4, -0.2) is 13.1 Å². The number of rotatable bonds is 4. The maximum atomic E-state index is 11.5. The molecule has 1 unspecified atom stereocenters. The van der Waals surface area contributed by atoms with Gasteiger partial charge in [0, 0.05) is 6.92 Å². The first kappa shape index (κ1) is 19.0. The number of esters is 1. The third-order valence-corrected chi connectivity index (χ3v) is 5.55. The van der Waals surface area contributed by atoms with Gasteiger partial charge in [-0.1, -0.05) is 32.4 Å². The van der Waals surface area contributed by atoms with Gasteiger partial charge in [0.25, 0.3) is 0 Å². The van der Waals surface area contributed by atoms with Gasteiger partial charge in [-0.15, -0.1) is 0 Å². The lowest BCUT2D eigenvalue weighted by atomic mass is 9.64. The van der Waals surface area contributed by atoms with Crippen LogP contribution in [0.2, 0.25) is 0 Å². The van der Waals surface area contributed by atoms with Crippen LogP contribution in [0.4, 0.5) is 0 Å². The minimum atomic E-state index is -0.306. The van der Waals surface area contributed by atoms with Crippen LogP contribution in [0, 0.1) is 17.3 Å². The normalized spacial score (nSPS) is 22.7. The third kappa shape index (κ3) is 4.21. The summed E-state index contributed by atoms with van der Waals surface area (Å²) in [5.41, 5.74) is 2.58. The molecule has 0 heterocycles. The fourth-order valence-corrected chi connectivity index (χ4v) is 4.51. The minimum Gasteiger partial charge on any atom is -0.496 e. The zero-order valence-electron chi connectivity index (χ0n) is 15.4. The van der Waals surface area contributed by atoms with Crippen LogP contribution in [-0.2, 0) is 11.2 Å². The Kier molecular flexibility index (Phi) is 5.79. The monoisotopic (exact) mass is 394 g/mol. The maximum absolute atomic E-state index is 11.5. The Morgan fingerprint density at radius 1 is 1.33 bits per heavy atom. The van der Waals surface area contributed by atoms with Gasteiger partial charge in [0.05, 0.1) is 11.6 Å². The van der Waals surface area contributed by atoms with E-state index in [0.717, 1.165) is 28.6 Å². The second kappa shape index (κ2) is 7.30. The molecule has 2 atom stereocenters. The summed E-state index contributed by atoms with van der Waals surface area (Å²) in [6, 6.07) is 3.81. The highest BCUT2D eigenvalue weighted by molar-refractivity contribution is 9.10. The van der Waals surface area contributed by atoms with Gasteiger partial charge < -0.3 is 9.47 Å². The van der Waals surface area contributed by atoms with E-state index in [4.69, 9.17) is 9.47 Å². The highest BCUT2D eigenvalue weighted by Crippen LogP contribution is 2.45. The summed E-state index contributed by atoms with van der Waals surface area (Å²) in [5.74, 6) is 2.12. The zero-order valence-corrected chi connectivity index (χ0v) is 17.0. The lowest BCUT2D eigenvalue weighted by molar-refractivity contribution is -0.131. The molecule has 3 nitrogen and oxygen atoms in total. The molecule has 0 fully saturated rings. The minimum absolute atomic E-state index is 0.107. The highest BCUT2D eigenvalue weighted by atomic mass is 79.9. The van der Waals surface area contributed by atoms with Crippen molar-refractivity contribution in [2.45, 2.75) is 47.5 Å². The largest absolute Gasteiger partial charge is 0.496 e. The van der Waals surface area contributed by atoms with Crippen LogP contribution >= 0.6 is 15.9 Å². The van der Waals surface area contributed by atoms with Crippen LogP contribution in [0.3, 0.4) is 0 Å². The molecule has 0 aliphatic heterocycles. The SMILES string of the molecule is COc1cc(C[C@H]2C(C)CC(C)=CC2(C)C)c(OC(C)=O)cc1Br. The molecule has 132 valence electrons. The van der Waals surface area contributed by atoms with Gasteiger partial charge in [-0.25, -0.2) is 0 Å². The van der Waals surface area contributed by atoms with Crippen molar-refractivity contribution < 1.29 is 14.3 Å². The number of carbonyl (C=O) groups excluding carboxylic acids is 1. The Morgan fingerprint density at radius 3 is 2.54 bits per heavy atom. The lowest BCUT2D eigenvalue weighted by Gasteiger charge is -2.41. The Labute approximate surface area is 153 Å². The smallest absolute Gasteiger partial charge is 0.308 e. The van der Waals surface area contributed by atoms with E-state index in [0.29, 0.717) is 17.6 Å². The zero-order chi connectivity index (χ0) is 18.1. The van der Waals surface area contributed by atoms with Gasteiger partial charge in [-0.2, -0.15) is 0 Å². The molecule has 0 N–H and O–H groups in total. The van der Waals surface area contributed by atoms with E-state index < -0.39 is 0 Å². The fraction of sp³-hybridized carbons (Fsp3) is 0.550. The summed E-state index contributed by atoms with van der Waals surface area (Å²) in [6.45, 7) is 10.5. The molecule has 0 aromatic heterocycles. The van der Waals surface area contributed by atoms with Crippen molar-refractivity contribution in [3.8, 4) is 11.5 Å². The summed E-state index contributed by atoms with van der Waals surface area (Å²) in [5, 5.41) is 0. The molecule has 0 saturated carbocycles. The van der Waals surface area contributed by atoms with Gasteiger partial charge >= 0.3 is 5.97 Å². The van der Waals surface area contributed by atoms with Crippen molar-refractivity contribution in [1.29, 1.82) is 0 Å². The van der Waals surface area contributed by atoms with E-state index in [1.165, 1.54) is 12.5 Å². The molecule has 1 aromatic rings. The number of halogens is 1. The molecule has 2 rings (SSSR count). The molecule has 1 aliphatic rings. The van der Waals surface area contributed by atoms with Crippen molar-refractivity contribution >= 4 is 21.9 Å². The van der Waals surface area contributed by atoms with Gasteiger partial charge in [0.2, 0.25) is 0 Å². The number of allylic oxidation sites excluding steroid dienone is 2. The molecule has 0 bridgehead atoms. The molecular formula is C20H27BrO3. The summed E-state index contributed by atoms with van der Waals surface area (Å²) < 4.78 is 11.7. The van der Waals surface area contributed by atoms with E-state index in [9.17, 15) is 4.79 Å². The summed E-state index contributed by atoms with van der Waals surface area (Å²) in [4.78, 5) is 11.5. The second-order valence-electron chi connectivity index (χ2n) is 7.49. The van der Waals surface area contributed by atoms with Gasteiger partial charge in [-0.05, 0) is 70.6 Å². The van der Waals surface area contributed by atoms with Gasteiger partial charge in [0.1, 0.15) is 11.5 Å². The van der Waals surface area contributed by atoms with Crippen LogP contribution in [0.15, 0.2) is 28.3 Å². The van der Waals surface area contributed by atoms with Crippen molar-refractivity contribution in [2.24, 2.45) is 17.3 Å². The van der Waals surface area contributed by atoms with Crippen LogP contribution in [0.5, 0.6) is 11.5 Å². The van der Waals surface area contributed by atoms with Crippen molar-refractivity contribution in [3.05, 3.63) is 33.8 Å². The molecule has 0 saturated heterocycles. The van der Waals surface area contributed by atoms with E-state index in [-0.39, 0.29) is 11.4 Å². The van der Waals surface area contributed by atoms with Crippen LogP contribution in [0.1, 0.15) is 46.6 Å². The van der Waals surface area contributed by atoms with Gasteiger partial charge in [-0.3, -0.25) is 4.79 Å². The first-order valence-electron chi connectivity index (χ1n) is 8.37. The molecular weight excluding hydrogens is 368 g/mol. The van der Waals surface area contributed by atoms with Crippen LogP contribution in [0.25, 0.3) is 0 Å². The summed E-state index contributed by atoms with van der Waals surface area (Å²) >= 11 is 3.47. The van der Waals surface area contributed by atoms with Crippen molar-refractivity contribution in [2.75, 3.05) is 7.11 Å². The Balaban J connectivity index is 2.42. The third-order valence-electron chi connectivity index (χ3n) is 4.93. The molecule has 1 aliphatic carbocycles. The quantitative estimate of drug-likeness (QED) is 0.381. The number of benzene rings is 1. The highest BCUT2D eigenvalue weighted by Gasteiger charge is 2.36. The van der Waals surface area contributed by atoms with Crippen LogP contribution < -0.4 is 9.47 Å². The summed E-state index contributed by atoms with van der Waals surface area (Å²) in [7, 11) is 1.65. The Bertz CT molecular complexity index is 661. The first-order chi connectivity index (χ1) is 11.1. The average molecular weight is 395 g/mol. The average Bonchev–Trinajstić information content (AvgIpc) is 2.43. The number of hydrogen-bond donors (Lipinski definition) is 0. The topological polar surface area (TPSA) is 35.5 Å². The van der Waals surface area contributed by atoms with Crippen molar-refractivity contribution in [1.82, 2.24) is 0 Å². The van der Waals surface area contributed by atoms with E-state index in [1.54, 1.807) is 7.11 Å². The van der Waals surface area contributed by atoms with E-state index in [2.05, 4.69) is 49.7 Å². The molecule has 0 amide bonds. The molecule has 0 spiro atoms. The van der Waals surface area contributed by atoms with E-state index >= 15 is 0 Å². The Morgan fingerprint density at radius 2 is 2.00 bits per heavy atom. The number of methoxy groups -OCH3 is 1. The standard InChI is InChI=1S/C20H27BrO3/c1-12-7-13(2)16(20(4,5)11-12)8-15-9-19(23-6)17(21)10-18(15)24-14(3)22/h9-11,13,16H,7-8H2,1-6H3/t13?,16-/m0/s1. The van der Waals surface area contributed by atoms with Crippen molar-refractivity contribution in [3.63, 3.8) is 0 Å². The predicted molar refractivity (Wildman–Crippen MR) is 101 cm³/mol. The molecule has 0 radical (unpaired) electrons. The fourth-order valence-electron chi connectivity index (χ4n) is 4.03. The molecule has 24 heavy (non-hydrogen) atoms. The van der Waals surface area contributed by atoms with E-state index in [1.807, 2.05) is 12.1 Å². The summed E-state index contributed by atoms with van der Waals surface area (Å²) in [6.07, 6.45) is 4.36. The van der Waals surface area contributed by atoms with Gasteiger partial charge in [0.15, 0.2) is 0 Å². The Hall–Kier alpha value is -1.29. The maximum Gasteiger partial charge on any atom is 0.308 e. The lowest BCUT2D eigenvalue weighted by Crippen LogP contribution is -2.33. The number of ether oxygens (including phenoxy) is 2.